The van der Waals surface area contributed by atoms with E-state index in [2.05, 4.69) is 4.74 Å². The number of alkyl halides is 6. The van der Waals surface area contributed by atoms with E-state index >= 15 is 0 Å². The first-order valence-electron chi connectivity index (χ1n) is 3.88. The third kappa shape index (κ3) is 5.16. The fourth-order valence-corrected chi connectivity index (χ4v) is 1.48. The van der Waals surface area contributed by atoms with Gasteiger partial charge in [-0.05, 0) is 23.9 Å². The smallest absolute Gasteiger partial charge is 0.404 e. The molecular weight excluding hydrogens is 277 g/mol. The lowest BCUT2D eigenvalue weighted by Gasteiger charge is -2.13. The van der Waals surface area contributed by atoms with Gasteiger partial charge in [0.2, 0.25) is 0 Å². The summed E-state index contributed by atoms with van der Waals surface area (Å²) in [4.78, 5) is -0.865. The van der Waals surface area contributed by atoms with Gasteiger partial charge in [-0.1, -0.05) is 0 Å². The summed E-state index contributed by atoms with van der Waals surface area (Å²) < 4.78 is 87.4. The van der Waals surface area contributed by atoms with Crippen LogP contribution < -0.4 is 4.74 Å². The van der Waals surface area contributed by atoms with Gasteiger partial charge < -0.3 is 4.74 Å². The maximum atomic E-state index is 12.6. The van der Waals surface area contributed by atoms with Crippen LogP contribution in [-0.2, 0) is 0 Å². The van der Waals surface area contributed by atoms with Crippen molar-refractivity contribution in [2.75, 3.05) is 0 Å². The summed E-state index contributed by atoms with van der Waals surface area (Å²) in [6.45, 7) is 0. The van der Waals surface area contributed by atoms with E-state index in [0.29, 0.717) is 12.1 Å². The van der Waals surface area contributed by atoms with Crippen LogP contribution in [0.2, 0.25) is 0 Å². The Bertz CT molecular complexity index is 398. The number of halogens is 7. The molecule has 0 aliphatic heterocycles. The molecule has 17 heavy (non-hydrogen) atoms. The van der Waals surface area contributed by atoms with Gasteiger partial charge in [0.1, 0.15) is 11.6 Å². The van der Waals surface area contributed by atoms with Gasteiger partial charge in [-0.3, -0.25) is 0 Å². The SMILES string of the molecule is Fc1ccc(SC(F)(F)F)c(OC(F)(F)F)c1. The first-order valence-corrected chi connectivity index (χ1v) is 4.69. The van der Waals surface area contributed by atoms with E-state index in [1.54, 1.807) is 0 Å². The van der Waals surface area contributed by atoms with Gasteiger partial charge in [0.05, 0.1) is 4.90 Å². The van der Waals surface area contributed by atoms with Crippen molar-refractivity contribution in [2.24, 2.45) is 0 Å². The molecule has 0 fully saturated rings. The molecule has 0 saturated heterocycles. The first-order chi connectivity index (χ1) is 7.57. The Morgan fingerprint density at radius 2 is 1.59 bits per heavy atom. The average Bonchev–Trinajstić information content (AvgIpc) is 2.05. The molecule has 0 aliphatic rings. The minimum absolute atomic E-state index is 0.238. The predicted molar refractivity (Wildman–Crippen MR) is 45.0 cm³/mol. The van der Waals surface area contributed by atoms with Gasteiger partial charge in [-0.15, -0.1) is 13.2 Å². The molecule has 1 rings (SSSR count). The maximum Gasteiger partial charge on any atom is 0.573 e. The molecule has 1 aromatic carbocycles. The van der Waals surface area contributed by atoms with E-state index in [9.17, 15) is 30.7 Å². The van der Waals surface area contributed by atoms with E-state index in [0.717, 1.165) is 0 Å². The Hall–Kier alpha value is -1.12. The Morgan fingerprint density at radius 3 is 2.06 bits per heavy atom. The quantitative estimate of drug-likeness (QED) is 0.589. The van der Waals surface area contributed by atoms with Crippen molar-refractivity contribution in [1.82, 2.24) is 0 Å². The standard InChI is InChI=1S/C8H3F7OS/c9-4-1-2-6(17-8(13,14)15)5(3-4)16-7(10,11)12/h1-3H. The summed E-state index contributed by atoms with van der Waals surface area (Å²) in [5.74, 6) is -2.35. The van der Waals surface area contributed by atoms with E-state index in [-0.39, 0.29) is 6.07 Å². The van der Waals surface area contributed by atoms with Crippen LogP contribution in [0.25, 0.3) is 0 Å². The van der Waals surface area contributed by atoms with Crippen LogP contribution in [-0.4, -0.2) is 11.9 Å². The summed E-state index contributed by atoms with van der Waals surface area (Å²) in [5.41, 5.74) is -4.79. The molecule has 1 aromatic rings. The molecule has 96 valence electrons. The fraction of sp³-hybridized carbons (Fsp3) is 0.250. The molecular formula is C8H3F7OS. The molecule has 9 heteroatoms. The average molecular weight is 280 g/mol. The maximum absolute atomic E-state index is 12.6. The molecule has 1 nitrogen and oxygen atoms in total. The monoisotopic (exact) mass is 280 g/mol. The second-order valence-electron chi connectivity index (χ2n) is 2.69. The minimum Gasteiger partial charge on any atom is -0.404 e. The Balaban J connectivity index is 3.04. The van der Waals surface area contributed by atoms with E-state index in [1.165, 1.54) is 0 Å². The molecule has 0 aromatic heterocycles. The number of hydrogen-bond acceptors (Lipinski definition) is 2. The van der Waals surface area contributed by atoms with Crippen molar-refractivity contribution >= 4 is 11.8 Å². The highest BCUT2D eigenvalue weighted by molar-refractivity contribution is 8.00. The fourth-order valence-electron chi connectivity index (χ4n) is 0.895. The van der Waals surface area contributed by atoms with Gasteiger partial charge in [0.25, 0.3) is 0 Å². The predicted octanol–water partition coefficient (Wildman–Crippen LogP) is 4.34. The molecule has 0 saturated carbocycles. The number of ether oxygens (including phenoxy) is 1. The number of benzene rings is 1. The lowest BCUT2D eigenvalue weighted by molar-refractivity contribution is -0.275. The van der Waals surface area contributed by atoms with Crippen LogP contribution in [0.4, 0.5) is 30.7 Å². The topological polar surface area (TPSA) is 9.23 Å². The highest BCUT2D eigenvalue weighted by Gasteiger charge is 2.35. The van der Waals surface area contributed by atoms with Crippen LogP contribution in [0.5, 0.6) is 5.75 Å². The van der Waals surface area contributed by atoms with Crippen LogP contribution in [0.15, 0.2) is 23.1 Å². The molecule has 0 aliphatic carbocycles. The zero-order chi connectivity index (χ0) is 13.3. The third-order valence-corrected chi connectivity index (χ3v) is 2.15. The van der Waals surface area contributed by atoms with Gasteiger partial charge in [0, 0.05) is 6.07 Å². The van der Waals surface area contributed by atoms with Crippen molar-refractivity contribution in [1.29, 1.82) is 0 Å². The summed E-state index contributed by atoms with van der Waals surface area (Å²) in [6, 6.07) is 1.41. The minimum atomic E-state index is -5.19. The molecule has 0 radical (unpaired) electrons. The summed E-state index contributed by atoms with van der Waals surface area (Å²) in [6.07, 6.45) is -5.19. The largest absolute Gasteiger partial charge is 0.573 e. The van der Waals surface area contributed by atoms with Gasteiger partial charge >= 0.3 is 11.9 Å². The lowest BCUT2D eigenvalue weighted by Crippen LogP contribution is -2.18. The molecule has 0 N–H and O–H groups in total. The third-order valence-electron chi connectivity index (χ3n) is 1.36. The summed E-state index contributed by atoms with van der Waals surface area (Å²) in [7, 11) is 0. The number of thioether (sulfide) groups is 1. The van der Waals surface area contributed by atoms with Crippen LogP contribution in [0.1, 0.15) is 0 Å². The van der Waals surface area contributed by atoms with E-state index < -0.39 is 40.1 Å². The van der Waals surface area contributed by atoms with E-state index in [4.69, 9.17) is 0 Å². The summed E-state index contributed by atoms with van der Waals surface area (Å²) in [5, 5.41) is 0. The zero-order valence-corrected chi connectivity index (χ0v) is 8.51. The molecule has 0 unspecified atom stereocenters. The van der Waals surface area contributed by atoms with Gasteiger partial charge in [-0.25, -0.2) is 4.39 Å². The van der Waals surface area contributed by atoms with E-state index in [1.807, 2.05) is 0 Å². The van der Waals surface area contributed by atoms with Crippen molar-refractivity contribution in [3.63, 3.8) is 0 Å². The second-order valence-corrected chi connectivity index (χ2v) is 3.79. The van der Waals surface area contributed by atoms with Crippen LogP contribution in [0.3, 0.4) is 0 Å². The number of hydrogen-bond donors (Lipinski definition) is 0. The Morgan fingerprint density at radius 1 is 1.00 bits per heavy atom. The molecule has 0 atom stereocenters. The highest BCUT2D eigenvalue weighted by Crippen LogP contribution is 2.42. The summed E-state index contributed by atoms with van der Waals surface area (Å²) >= 11 is -0.815. The van der Waals surface area contributed by atoms with Crippen molar-refractivity contribution in [3.8, 4) is 5.75 Å². The van der Waals surface area contributed by atoms with Crippen molar-refractivity contribution < 1.29 is 35.5 Å². The molecule has 0 amide bonds. The first kappa shape index (κ1) is 13.9. The van der Waals surface area contributed by atoms with Crippen LogP contribution in [0, 0.1) is 5.82 Å². The zero-order valence-electron chi connectivity index (χ0n) is 7.69. The molecule has 0 bridgehead atoms. The van der Waals surface area contributed by atoms with Crippen LogP contribution >= 0.6 is 11.8 Å². The normalized spacial score (nSPS) is 12.6. The molecule has 0 spiro atoms. The van der Waals surface area contributed by atoms with Gasteiger partial charge in [-0.2, -0.15) is 13.2 Å². The number of rotatable bonds is 2. The Kier molecular flexibility index (Phi) is 3.80. The Labute approximate surface area is 94.6 Å². The molecule has 0 heterocycles. The highest BCUT2D eigenvalue weighted by atomic mass is 32.2. The lowest BCUT2D eigenvalue weighted by atomic mass is 10.3. The second kappa shape index (κ2) is 4.63. The van der Waals surface area contributed by atoms with Crippen molar-refractivity contribution in [3.05, 3.63) is 24.0 Å². The van der Waals surface area contributed by atoms with Gasteiger partial charge in [0.15, 0.2) is 0 Å². The van der Waals surface area contributed by atoms with Crippen molar-refractivity contribution in [2.45, 2.75) is 16.8 Å².